The number of thioether (sulfide) groups is 1. The summed E-state index contributed by atoms with van der Waals surface area (Å²) < 4.78 is 0. The smallest absolute Gasteiger partial charge is 0.00671 e. The second-order valence-electron chi connectivity index (χ2n) is 4.05. The van der Waals surface area contributed by atoms with E-state index in [-0.39, 0.29) is 0 Å². The molecule has 0 heterocycles. The summed E-state index contributed by atoms with van der Waals surface area (Å²) in [4.78, 5) is 0. The summed E-state index contributed by atoms with van der Waals surface area (Å²) in [5, 5.41) is 0. The summed E-state index contributed by atoms with van der Waals surface area (Å²) in [6.45, 7) is 2.23. The lowest BCUT2D eigenvalue weighted by molar-refractivity contribution is 0.514. The van der Waals surface area contributed by atoms with Gasteiger partial charge < -0.3 is 5.73 Å². The Hall–Kier alpha value is 0.310. The molecule has 78 valence electrons. The summed E-state index contributed by atoms with van der Waals surface area (Å²) in [5.41, 5.74) is 6.01. The molecule has 0 radical (unpaired) electrons. The Kier molecular flexibility index (Phi) is 5.88. The van der Waals surface area contributed by atoms with Crippen LogP contribution >= 0.6 is 11.8 Å². The molecule has 1 unspecified atom stereocenters. The molecule has 0 aromatic heterocycles. The number of hydrogen-bond acceptors (Lipinski definition) is 2. The molecule has 1 rings (SSSR count). The maximum Gasteiger partial charge on any atom is 0.00671 e. The summed E-state index contributed by atoms with van der Waals surface area (Å²) in [6, 6.07) is 0.527. The third kappa shape index (κ3) is 5.58. The molecule has 0 spiro atoms. The van der Waals surface area contributed by atoms with Crippen molar-refractivity contribution in [1.82, 2.24) is 0 Å². The predicted molar refractivity (Wildman–Crippen MR) is 62.2 cm³/mol. The van der Waals surface area contributed by atoms with Gasteiger partial charge in [-0.1, -0.05) is 19.8 Å². The van der Waals surface area contributed by atoms with E-state index < -0.39 is 0 Å². The highest BCUT2D eigenvalue weighted by Gasteiger charge is 2.27. The topological polar surface area (TPSA) is 26.0 Å². The van der Waals surface area contributed by atoms with Gasteiger partial charge in [-0.3, -0.25) is 0 Å². The van der Waals surface area contributed by atoms with Crippen LogP contribution < -0.4 is 5.73 Å². The van der Waals surface area contributed by atoms with Crippen molar-refractivity contribution < 1.29 is 0 Å². The molecule has 2 N–H and O–H groups in total. The maximum absolute atomic E-state index is 6.01. The van der Waals surface area contributed by atoms with Crippen molar-refractivity contribution in [2.24, 2.45) is 11.7 Å². The van der Waals surface area contributed by atoms with E-state index in [9.17, 15) is 0 Å². The van der Waals surface area contributed by atoms with Crippen molar-refractivity contribution in [1.29, 1.82) is 0 Å². The fourth-order valence-electron chi connectivity index (χ4n) is 1.67. The largest absolute Gasteiger partial charge is 0.327 e. The molecule has 0 bridgehead atoms. The van der Waals surface area contributed by atoms with Crippen molar-refractivity contribution in [3.8, 4) is 0 Å². The first-order chi connectivity index (χ1) is 6.34. The molecule has 0 aliphatic heterocycles. The lowest BCUT2D eigenvalue weighted by Crippen LogP contribution is -2.21. The van der Waals surface area contributed by atoms with E-state index in [2.05, 4.69) is 18.7 Å². The van der Waals surface area contributed by atoms with E-state index in [1.54, 1.807) is 0 Å². The number of hydrogen-bond donors (Lipinski definition) is 1. The van der Waals surface area contributed by atoms with E-state index in [1.807, 2.05) is 0 Å². The average molecular weight is 201 g/mol. The minimum absolute atomic E-state index is 0.527. The summed E-state index contributed by atoms with van der Waals surface area (Å²) >= 11 is 2.05. The van der Waals surface area contributed by atoms with Gasteiger partial charge in [0.25, 0.3) is 0 Å². The zero-order valence-electron chi connectivity index (χ0n) is 8.80. The number of nitrogens with two attached hydrogens (primary N) is 1. The summed E-state index contributed by atoms with van der Waals surface area (Å²) in [5.74, 6) is 3.50. The Morgan fingerprint density at radius 1 is 1.31 bits per heavy atom. The average Bonchev–Trinajstić information content (AvgIpc) is 2.93. The first kappa shape index (κ1) is 11.4. The molecule has 1 atom stereocenters. The molecule has 1 nitrogen and oxygen atoms in total. The van der Waals surface area contributed by atoms with Crippen molar-refractivity contribution >= 4 is 11.8 Å². The highest BCUT2D eigenvalue weighted by Crippen LogP contribution is 2.33. The molecule has 1 saturated carbocycles. The normalized spacial score (nSPS) is 18.9. The van der Waals surface area contributed by atoms with Gasteiger partial charge in [-0.25, -0.2) is 0 Å². The monoisotopic (exact) mass is 201 g/mol. The van der Waals surface area contributed by atoms with Gasteiger partial charge in [0.15, 0.2) is 0 Å². The van der Waals surface area contributed by atoms with Crippen LogP contribution in [0.15, 0.2) is 0 Å². The molecule has 1 aliphatic rings. The lowest BCUT2D eigenvalue weighted by atomic mass is 10.1. The number of rotatable bonds is 8. The molecule has 1 fully saturated rings. The fourth-order valence-corrected chi connectivity index (χ4v) is 2.36. The quantitative estimate of drug-likeness (QED) is 0.611. The molecular weight excluding hydrogens is 178 g/mol. The van der Waals surface area contributed by atoms with Gasteiger partial charge in [-0.05, 0) is 43.1 Å². The van der Waals surface area contributed by atoms with Gasteiger partial charge in [0.1, 0.15) is 0 Å². The van der Waals surface area contributed by atoms with Gasteiger partial charge in [-0.15, -0.1) is 0 Å². The SMILES string of the molecule is CCSCCCCCC(N)C1CC1. The van der Waals surface area contributed by atoms with Crippen LogP contribution in [0, 0.1) is 5.92 Å². The minimum Gasteiger partial charge on any atom is -0.327 e. The second-order valence-corrected chi connectivity index (χ2v) is 5.44. The van der Waals surface area contributed by atoms with E-state index in [1.165, 1.54) is 50.0 Å². The van der Waals surface area contributed by atoms with E-state index in [0.29, 0.717) is 6.04 Å². The third-order valence-electron chi connectivity index (χ3n) is 2.76. The molecular formula is C11H23NS. The Morgan fingerprint density at radius 3 is 2.69 bits per heavy atom. The molecule has 2 heteroatoms. The second kappa shape index (κ2) is 6.72. The van der Waals surface area contributed by atoms with Crippen molar-refractivity contribution in [2.45, 2.75) is 51.5 Å². The Labute approximate surface area is 86.8 Å². The van der Waals surface area contributed by atoms with E-state index in [4.69, 9.17) is 5.73 Å². The standard InChI is InChI=1S/C11H23NS/c1-2-13-9-5-3-4-6-11(12)10-7-8-10/h10-11H,2-9,12H2,1H3. The van der Waals surface area contributed by atoms with Gasteiger partial charge >= 0.3 is 0 Å². The minimum atomic E-state index is 0.527. The lowest BCUT2D eigenvalue weighted by Gasteiger charge is -2.08. The van der Waals surface area contributed by atoms with Crippen LogP contribution in [-0.2, 0) is 0 Å². The van der Waals surface area contributed by atoms with Crippen molar-refractivity contribution in [2.75, 3.05) is 11.5 Å². The van der Waals surface area contributed by atoms with Crippen LogP contribution in [0.2, 0.25) is 0 Å². The molecule has 0 amide bonds. The van der Waals surface area contributed by atoms with Crippen LogP contribution in [0.5, 0.6) is 0 Å². The highest BCUT2D eigenvalue weighted by atomic mass is 32.2. The van der Waals surface area contributed by atoms with Crippen LogP contribution in [-0.4, -0.2) is 17.5 Å². The van der Waals surface area contributed by atoms with Gasteiger partial charge in [0.05, 0.1) is 0 Å². The highest BCUT2D eigenvalue weighted by molar-refractivity contribution is 7.99. The van der Waals surface area contributed by atoms with Crippen molar-refractivity contribution in [3.63, 3.8) is 0 Å². The summed E-state index contributed by atoms with van der Waals surface area (Å²) in [6.07, 6.45) is 8.17. The predicted octanol–water partition coefficient (Wildman–Crippen LogP) is 3.04. The van der Waals surface area contributed by atoms with Crippen LogP contribution in [0.3, 0.4) is 0 Å². The van der Waals surface area contributed by atoms with E-state index >= 15 is 0 Å². The van der Waals surface area contributed by atoms with Crippen LogP contribution in [0.4, 0.5) is 0 Å². The Balaban J connectivity index is 1.77. The summed E-state index contributed by atoms with van der Waals surface area (Å²) in [7, 11) is 0. The maximum atomic E-state index is 6.01. The van der Waals surface area contributed by atoms with Crippen LogP contribution in [0.25, 0.3) is 0 Å². The van der Waals surface area contributed by atoms with Gasteiger partial charge in [-0.2, -0.15) is 11.8 Å². The van der Waals surface area contributed by atoms with Crippen molar-refractivity contribution in [3.05, 3.63) is 0 Å². The third-order valence-corrected chi connectivity index (χ3v) is 3.74. The van der Waals surface area contributed by atoms with Gasteiger partial charge in [0.2, 0.25) is 0 Å². The Morgan fingerprint density at radius 2 is 2.08 bits per heavy atom. The molecule has 1 aliphatic carbocycles. The zero-order valence-corrected chi connectivity index (χ0v) is 9.61. The molecule has 0 aromatic carbocycles. The molecule has 13 heavy (non-hydrogen) atoms. The fraction of sp³-hybridized carbons (Fsp3) is 1.00. The number of unbranched alkanes of at least 4 members (excludes halogenated alkanes) is 2. The van der Waals surface area contributed by atoms with Crippen LogP contribution in [0.1, 0.15) is 45.4 Å². The zero-order chi connectivity index (χ0) is 9.52. The first-order valence-electron chi connectivity index (χ1n) is 5.68. The molecule has 0 saturated heterocycles. The first-order valence-corrected chi connectivity index (χ1v) is 6.83. The van der Waals surface area contributed by atoms with E-state index in [0.717, 1.165) is 5.92 Å². The Bertz CT molecular complexity index is 123. The van der Waals surface area contributed by atoms with Gasteiger partial charge in [0, 0.05) is 6.04 Å². The molecule has 0 aromatic rings.